The van der Waals surface area contributed by atoms with E-state index < -0.39 is 39.7 Å². The fourth-order valence-corrected chi connectivity index (χ4v) is 46.9. The highest BCUT2D eigenvalue weighted by molar-refractivity contribution is 8.48. The summed E-state index contributed by atoms with van der Waals surface area (Å²) in [5.74, 6) is -2.46. The topological polar surface area (TPSA) is 98.7 Å². The molecule has 6 nitrogen and oxygen atoms in total. The number of hydrogen-bond acceptors (Lipinski definition) is 4. The molecule has 0 heterocycles. The SMILES string of the molecule is O=C(O)c1ccccc1C(=O)O.c1ccc([P+](PNP[P+](c2ccccc2)(c2ccccc2)c2ccccc2)(c2ccccc2)c2ccccc2)cc1.c1ccc([P+](PNP[P+](c2ccccc2)(c2ccccc2)c2ccccc2)(c2ccccc2)c2ccccc2)cc1. The van der Waals surface area contributed by atoms with Crippen molar-refractivity contribution in [2.24, 2.45) is 0 Å². The smallest absolute Gasteiger partial charge is 0.336 e. The molecule has 0 aliphatic rings. The van der Waals surface area contributed by atoms with Gasteiger partial charge < -0.3 is 10.2 Å². The van der Waals surface area contributed by atoms with E-state index in [0.29, 0.717) is 33.7 Å². The summed E-state index contributed by atoms with van der Waals surface area (Å²) in [4.78, 5) is 29.4. The molecule has 0 aromatic heterocycles. The van der Waals surface area contributed by atoms with Crippen molar-refractivity contribution in [1.82, 2.24) is 9.72 Å². The average Bonchev–Trinajstić information content (AvgIpc) is 0.779. The molecule has 0 bridgehead atoms. The van der Waals surface area contributed by atoms with Crippen LogP contribution in [0.3, 0.4) is 0 Å². The molecule has 0 saturated heterocycles. The molecule has 462 valence electrons. The highest BCUT2D eigenvalue weighted by atomic mass is 32.1. The van der Waals surface area contributed by atoms with Crippen LogP contribution < -0.4 is 73.4 Å². The van der Waals surface area contributed by atoms with E-state index >= 15 is 0 Å². The summed E-state index contributed by atoms with van der Waals surface area (Å²) >= 11 is 0. The van der Waals surface area contributed by atoms with E-state index in [4.69, 9.17) is 10.2 Å². The summed E-state index contributed by atoms with van der Waals surface area (Å²) in [6.45, 7) is -7.89. The predicted octanol–water partition coefficient (Wildman–Crippen LogP) is 16.2. The molecule has 0 aliphatic carbocycles. The zero-order chi connectivity index (χ0) is 64.7. The minimum atomic E-state index is -1.97. The second-order valence-electron chi connectivity index (χ2n) is 21.6. The van der Waals surface area contributed by atoms with Crippen molar-refractivity contribution >= 4 is 137 Å². The summed E-state index contributed by atoms with van der Waals surface area (Å²) in [6.07, 6.45) is 0. The molecular weight excluding hydrogens is 1300 g/mol. The molecule has 4 atom stereocenters. The predicted molar refractivity (Wildman–Crippen MR) is 420 cm³/mol. The van der Waals surface area contributed by atoms with Crippen LogP contribution in [-0.2, 0) is 0 Å². The monoisotopic (exact) mass is 1370 g/mol. The first-order valence-corrected chi connectivity index (χ1v) is 45.2. The number of carboxylic acids is 2. The van der Waals surface area contributed by atoms with Crippen LogP contribution in [0, 0.1) is 0 Å². The van der Waals surface area contributed by atoms with Gasteiger partial charge in [0.15, 0.2) is 0 Å². The van der Waals surface area contributed by atoms with Crippen molar-refractivity contribution in [3.05, 3.63) is 399 Å². The zero-order valence-corrected chi connectivity index (χ0v) is 59.0. The van der Waals surface area contributed by atoms with E-state index in [2.05, 4.69) is 374 Å². The number of nitrogens with one attached hydrogen (secondary N) is 2. The zero-order valence-electron chi connectivity index (χ0n) is 51.5. The summed E-state index contributed by atoms with van der Waals surface area (Å²) in [7, 11) is 2.14. The van der Waals surface area contributed by atoms with Crippen LogP contribution in [0.25, 0.3) is 0 Å². The summed E-state index contributed by atoms with van der Waals surface area (Å²) in [5.41, 5.74) is -0.380. The molecule has 94 heavy (non-hydrogen) atoms. The van der Waals surface area contributed by atoms with Crippen molar-refractivity contribution in [3.8, 4) is 0 Å². The first-order chi connectivity index (χ1) is 46.3. The molecule has 13 rings (SSSR count). The van der Waals surface area contributed by atoms with Crippen molar-refractivity contribution < 1.29 is 19.8 Å². The molecular formula is C80H72N2O4P8+4. The maximum atomic E-state index is 10.5. The molecule has 0 fully saturated rings. The van der Waals surface area contributed by atoms with E-state index in [9.17, 15) is 9.59 Å². The van der Waals surface area contributed by atoms with Gasteiger partial charge in [-0.15, -0.1) is 0 Å². The maximum absolute atomic E-state index is 10.5. The quantitative estimate of drug-likeness (QED) is 0.0505. The van der Waals surface area contributed by atoms with Crippen LogP contribution >= 0.6 is 61.5 Å². The maximum Gasteiger partial charge on any atom is 0.336 e. The standard InChI is InChI=1S/2C36H33NP4.C8H6O4/c2*1-7-19-31(20-8-1)40(32-21-9-2-10-22-32,33-23-11-3-12-24-33)38-37-39-41(34-25-13-4-14-26-34,35-27-15-5-16-28-35)36-29-17-6-18-30-36;9-7(10)5-3-1-2-4-6(5)8(11)12/h2*1-30,37-39H;1-4H,(H,9,10)(H,11,12)/q2*+2;. The Morgan fingerprint density at radius 2 is 0.298 bits per heavy atom. The normalized spacial score (nSPS) is 11.9. The third-order valence-electron chi connectivity index (χ3n) is 16.0. The van der Waals surface area contributed by atoms with E-state index in [1.807, 2.05) is 0 Å². The molecule has 0 spiro atoms. The average molecular weight is 1370 g/mol. The van der Waals surface area contributed by atoms with Gasteiger partial charge in [-0.3, -0.25) is 0 Å². The Bertz CT molecular complexity index is 3490. The number of benzene rings is 13. The van der Waals surface area contributed by atoms with Crippen LogP contribution in [-0.4, -0.2) is 22.2 Å². The fourth-order valence-electron chi connectivity index (χ4n) is 11.6. The van der Waals surface area contributed by atoms with Gasteiger partial charge in [0.1, 0.15) is 125 Å². The highest BCUT2D eigenvalue weighted by Crippen LogP contribution is 2.77. The lowest BCUT2D eigenvalue weighted by Crippen LogP contribution is -2.31. The Labute approximate surface area is 562 Å². The second kappa shape index (κ2) is 33.5. The number of carbonyl (C=O) groups is 2. The van der Waals surface area contributed by atoms with Gasteiger partial charge in [-0.1, -0.05) is 231 Å². The van der Waals surface area contributed by atoms with Gasteiger partial charge in [-0.25, -0.2) is 19.3 Å². The Morgan fingerprint density at radius 1 is 0.191 bits per heavy atom. The first-order valence-electron chi connectivity index (χ1n) is 30.7. The lowest BCUT2D eigenvalue weighted by molar-refractivity contribution is 0.0651. The fraction of sp³-hybridized carbons (Fsp3) is 0. The van der Waals surface area contributed by atoms with Gasteiger partial charge in [0.25, 0.3) is 0 Å². The van der Waals surface area contributed by atoms with Crippen molar-refractivity contribution in [2.75, 3.05) is 0 Å². The summed E-state index contributed by atoms with van der Waals surface area (Å²) in [5, 5.41) is 34.1. The second-order valence-corrected chi connectivity index (χ2v) is 46.8. The van der Waals surface area contributed by atoms with Gasteiger partial charge in [0.05, 0.1) is 11.1 Å². The van der Waals surface area contributed by atoms with E-state index in [1.165, 1.54) is 87.9 Å². The van der Waals surface area contributed by atoms with Gasteiger partial charge in [0.2, 0.25) is 0 Å². The van der Waals surface area contributed by atoms with Crippen molar-refractivity contribution in [1.29, 1.82) is 0 Å². The van der Waals surface area contributed by atoms with Crippen molar-refractivity contribution in [2.45, 2.75) is 0 Å². The minimum absolute atomic E-state index is 0.190. The third-order valence-corrected chi connectivity index (χ3v) is 49.4. The van der Waals surface area contributed by atoms with Crippen LogP contribution in [0.1, 0.15) is 20.7 Å². The Balaban J connectivity index is 0.000000163. The number of aromatic carboxylic acids is 2. The number of hydrogen-bond donors (Lipinski definition) is 4. The lowest BCUT2D eigenvalue weighted by atomic mass is 10.1. The van der Waals surface area contributed by atoms with Gasteiger partial charge in [-0.2, -0.15) is 0 Å². The van der Waals surface area contributed by atoms with Gasteiger partial charge in [0, 0.05) is 0 Å². The van der Waals surface area contributed by atoms with Crippen molar-refractivity contribution in [3.63, 3.8) is 0 Å². The van der Waals surface area contributed by atoms with E-state index in [-0.39, 0.29) is 11.1 Å². The molecule has 4 N–H and O–H groups in total. The third kappa shape index (κ3) is 15.3. The largest absolute Gasteiger partial charge is 0.478 e. The highest BCUT2D eigenvalue weighted by Gasteiger charge is 2.52. The summed E-state index contributed by atoms with van der Waals surface area (Å²) in [6, 6.07) is 140. The molecule has 0 aliphatic heterocycles. The van der Waals surface area contributed by atoms with Gasteiger partial charge >= 0.3 is 11.9 Å². The van der Waals surface area contributed by atoms with Crippen LogP contribution in [0.15, 0.2) is 388 Å². The van der Waals surface area contributed by atoms with E-state index in [1.54, 1.807) is 0 Å². The molecule has 0 radical (unpaired) electrons. The van der Waals surface area contributed by atoms with Crippen LogP contribution in [0.2, 0.25) is 0 Å². The van der Waals surface area contributed by atoms with E-state index in [0.717, 1.165) is 0 Å². The summed E-state index contributed by atoms with van der Waals surface area (Å²) < 4.78 is 0. The molecule has 4 unspecified atom stereocenters. The minimum Gasteiger partial charge on any atom is -0.478 e. The van der Waals surface area contributed by atoms with Crippen LogP contribution in [0.5, 0.6) is 0 Å². The molecule has 0 amide bonds. The number of carboxylic acid groups (broad SMARTS) is 2. The molecule has 13 aromatic carbocycles. The van der Waals surface area contributed by atoms with Crippen LogP contribution in [0.4, 0.5) is 0 Å². The number of rotatable bonds is 22. The Morgan fingerprint density at radius 3 is 0.404 bits per heavy atom. The Kier molecular flexibility index (Phi) is 24.1. The molecule has 0 saturated carbocycles. The molecule has 14 heteroatoms. The molecule has 13 aromatic rings. The first kappa shape index (κ1) is 67.6. The Hall–Kier alpha value is -7.84. The lowest BCUT2D eigenvalue weighted by Gasteiger charge is -2.30. The van der Waals surface area contributed by atoms with Gasteiger partial charge in [-0.05, 0) is 158 Å².